The lowest BCUT2D eigenvalue weighted by Gasteiger charge is -2.08. The summed E-state index contributed by atoms with van der Waals surface area (Å²) in [6.45, 7) is 0.0458. The quantitative estimate of drug-likeness (QED) is 0.748. The number of hydrogen-bond donors (Lipinski definition) is 2. The Morgan fingerprint density at radius 2 is 1.94 bits per heavy atom. The van der Waals surface area contributed by atoms with Gasteiger partial charge in [-0.25, -0.2) is 22.0 Å². The van der Waals surface area contributed by atoms with Gasteiger partial charge in [-0.05, 0) is 18.2 Å². The topological polar surface area (TPSA) is 116 Å². The third-order valence-electron chi connectivity index (χ3n) is 1.99. The van der Waals surface area contributed by atoms with Crippen molar-refractivity contribution in [2.24, 2.45) is 5.14 Å². The van der Waals surface area contributed by atoms with Crippen molar-refractivity contribution in [3.05, 3.63) is 24.3 Å². The molecule has 0 unspecified atom stereocenters. The molecule has 0 heterocycles. The molecule has 0 atom stereocenters. The third-order valence-corrected chi connectivity index (χ3v) is 4.15. The smallest absolute Gasteiger partial charge is 0.238 e. The highest BCUT2D eigenvalue weighted by molar-refractivity contribution is 7.92. The van der Waals surface area contributed by atoms with Gasteiger partial charge >= 0.3 is 0 Å². The van der Waals surface area contributed by atoms with Gasteiger partial charge in [-0.2, -0.15) is 0 Å². The molecule has 0 bridgehead atoms. The molecule has 18 heavy (non-hydrogen) atoms. The van der Waals surface area contributed by atoms with E-state index in [1.165, 1.54) is 25.3 Å². The predicted molar refractivity (Wildman–Crippen MR) is 67.1 cm³/mol. The summed E-state index contributed by atoms with van der Waals surface area (Å²) in [5.74, 6) is -0.219. The number of sulfonamides is 2. The molecule has 0 aliphatic carbocycles. The fraction of sp³-hybridized carbons (Fsp3) is 0.333. The van der Waals surface area contributed by atoms with E-state index in [4.69, 9.17) is 5.14 Å². The van der Waals surface area contributed by atoms with E-state index in [1.54, 1.807) is 0 Å². The maximum absolute atomic E-state index is 11.5. The van der Waals surface area contributed by atoms with Crippen LogP contribution in [0.5, 0.6) is 0 Å². The monoisotopic (exact) mass is 294 g/mol. The first-order chi connectivity index (χ1) is 8.24. The Hall–Kier alpha value is -1.16. The second-order valence-corrected chi connectivity index (χ2v) is 6.89. The molecule has 0 saturated carbocycles. The van der Waals surface area contributed by atoms with Crippen LogP contribution in [-0.2, 0) is 24.8 Å². The maximum Gasteiger partial charge on any atom is 0.238 e. The summed E-state index contributed by atoms with van der Waals surface area (Å²) in [5, 5.41) is 4.94. The van der Waals surface area contributed by atoms with Gasteiger partial charge in [0.1, 0.15) is 0 Å². The van der Waals surface area contributed by atoms with Crippen molar-refractivity contribution in [2.45, 2.75) is 4.90 Å². The minimum absolute atomic E-state index is 0.0458. The van der Waals surface area contributed by atoms with E-state index in [1.807, 2.05) is 0 Å². The Morgan fingerprint density at radius 3 is 2.50 bits per heavy atom. The van der Waals surface area contributed by atoms with Crippen molar-refractivity contribution in [3.63, 3.8) is 0 Å². The third kappa shape index (κ3) is 4.61. The van der Waals surface area contributed by atoms with Crippen LogP contribution in [-0.4, -0.2) is 36.3 Å². The van der Waals surface area contributed by atoms with Crippen molar-refractivity contribution in [1.82, 2.24) is 0 Å². The summed E-state index contributed by atoms with van der Waals surface area (Å²) in [6.07, 6.45) is 0. The number of methoxy groups -OCH3 is 1. The lowest BCUT2D eigenvalue weighted by molar-refractivity contribution is 0.217. The van der Waals surface area contributed by atoms with Crippen molar-refractivity contribution >= 4 is 25.7 Å². The molecule has 1 aromatic carbocycles. The van der Waals surface area contributed by atoms with Gasteiger partial charge in [-0.3, -0.25) is 4.72 Å². The summed E-state index contributed by atoms with van der Waals surface area (Å²) in [4.78, 5) is -0.158. The predicted octanol–water partition coefficient (Wildman–Crippen LogP) is -0.278. The SMILES string of the molecule is COCCS(=O)(=O)Nc1cccc(S(N)(=O)=O)c1. The Balaban J connectivity index is 2.93. The maximum atomic E-state index is 11.5. The normalized spacial score (nSPS) is 12.3. The Morgan fingerprint density at radius 1 is 1.28 bits per heavy atom. The zero-order chi connectivity index (χ0) is 13.8. The van der Waals surface area contributed by atoms with Crippen LogP contribution in [0.3, 0.4) is 0 Å². The van der Waals surface area contributed by atoms with E-state index in [0.29, 0.717) is 0 Å². The lowest BCUT2D eigenvalue weighted by Crippen LogP contribution is -2.20. The average molecular weight is 294 g/mol. The van der Waals surface area contributed by atoms with Gasteiger partial charge in [0.05, 0.1) is 17.3 Å². The fourth-order valence-corrected chi connectivity index (χ4v) is 2.69. The number of benzene rings is 1. The van der Waals surface area contributed by atoms with E-state index in [9.17, 15) is 16.8 Å². The first-order valence-electron chi connectivity index (χ1n) is 4.87. The van der Waals surface area contributed by atoms with Crippen molar-refractivity contribution in [3.8, 4) is 0 Å². The van der Waals surface area contributed by atoms with Crippen LogP contribution in [0.1, 0.15) is 0 Å². The highest BCUT2D eigenvalue weighted by Gasteiger charge is 2.12. The fourth-order valence-electron chi connectivity index (χ4n) is 1.16. The molecule has 0 fully saturated rings. The van der Waals surface area contributed by atoms with Crippen LogP contribution < -0.4 is 9.86 Å². The highest BCUT2D eigenvalue weighted by atomic mass is 32.2. The summed E-state index contributed by atoms with van der Waals surface area (Å²) >= 11 is 0. The molecule has 0 saturated heterocycles. The van der Waals surface area contributed by atoms with Crippen LogP contribution in [0.2, 0.25) is 0 Å². The molecule has 0 aliphatic rings. The van der Waals surface area contributed by atoms with Gasteiger partial charge in [0.25, 0.3) is 0 Å². The van der Waals surface area contributed by atoms with E-state index in [2.05, 4.69) is 9.46 Å². The molecule has 1 rings (SSSR count). The van der Waals surface area contributed by atoms with E-state index in [-0.39, 0.29) is 22.9 Å². The number of primary sulfonamides is 1. The first-order valence-corrected chi connectivity index (χ1v) is 8.07. The molecule has 0 amide bonds. The molecule has 9 heteroatoms. The minimum Gasteiger partial charge on any atom is -0.384 e. The zero-order valence-corrected chi connectivity index (χ0v) is 11.3. The Labute approximate surface area is 106 Å². The van der Waals surface area contributed by atoms with Crippen molar-refractivity contribution in [2.75, 3.05) is 24.2 Å². The molecule has 1 aromatic rings. The molecule has 0 radical (unpaired) electrons. The molecule has 3 N–H and O–H groups in total. The second-order valence-electron chi connectivity index (χ2n) is 3.49. The zero-order valence-electron chi connectivity index (χ0n) is 9.66. The van der Waals surface area contributed by atoms with Gasteiger partial charge in [-0.15, -0.1) is 0 Å². The van der Waals surface area contributed by atoms with E-state index < -0.39 is 20.0 Å². The Kier molecular flexibility index (Phi) is 4.68. The molecule has 7 nitrogen and oxygen atoms in total. The Bertz CT molecular complexity index is 610. The number of hydrogen-bond acceptors (Lipinski definition) is 5. The van der Waals surface area contributed by atoms with Crippen LogP contribution in [0.15, 0.2) is 29.2 Å². The number of nitrogens with two attached hydrogens (primary N) is 1. The minimum atomic E-state index is -3.86. The highest BCUT2D eigenvalue weighted by Crippen LogP contribution is 2.15. The standard InChI is InChI=1S/C9H14N2O5S2/c1-16-5-6-17(12,13)11-8-3-2-4-9(7-8)18(10,14)15/h2-4,7,11H,5-6H2,1H3,(H2,10,14,15). The van der Waals surface area contributed by atoms with E-state index in [0.717, 1.165) is 6.07 Å². The largest absolute Gasteiger partial charge is 0.384 e. The van der Waals surface area contributed by atoms with Gasteiger partial charge in [-0.1, -0.05) is 6.07 Å². The summed E-state index contributed by atoms with van der Waals surface area (Å²) < 4.78 is 52.2. The van der Waals surface area contributed by atoms with Gasteiger partial charge in [0.2, 0.25) is 20.0 Å². The summed E-state index contributed by atoms with van der Waals surface area (Å²) in [6, 6.07) is 5.26. The second kappa shape index (κ2) is 5.65. The number of ether oxygens (including phenoxy) is 1. The van der Waals surface area contributed by atoms with Gasteiger partial charge in [0.15, 0.2) is 0 Å². The average Bonchev–Trinajstić information content (AvgIpc) is 2.25. The lowest BCUT2D eigenvalue weighted by atomic mass is 10.3. The van der Waals surface area contributed by atoms with Gasteiger partial charge < -0.3 is 4.74 Å². The number of anilines is 1. The van der Waals surface area contributed by atoms with E-state index >= 15 is 0 Å². The number of nitrogens with one attached hydrogen (secondary N) is 1. The van der Waals surface area contributed by atoms with Crippen LogP contribution in [0.25, 0.3) is 0 Å². The van der Waals surface area contributed by atoms with Crippen molar-refractivity contribution < 1.29 is 21.6 Å². The molecule has 0 aromatic heterocycles. The molecule has 0 aliphatic heterocycles. The first kappa shape index (κ1) is 14.9. The van der Waals surface area contributed by atoms with Crippen LogP contribution in [0.4, 0.5) is 5.69 Å². The van der Waals surface area contributed by atoms with Crippen molar-refractivity contribution in [1.29, 1.82) is 0 Å². The molecular weight excluding hydrogens is 280 g/mol. The molecular formula is C9H14N2O5S2. The molecule has 0 spiro atoms. The summed E-state index contributed by atoms with van der Waals surface area (Å²) in [7, 11) is -6.04. The van der Waals surface area contributed by atoms with Gasteiger partial charge in [0, 0.05) is 12.8 Å². The number of rotatable bonds is 6. The van der Waals surface area contributed by atoms with Crippen LogP contribution >= 0.6 is 0 Å². The van der Waals surface area contributed by atoms with Crippen LogP contribution in [0, 0.1) is 0 Å². The molecule has 102 valence electrons. The summed E-state index contributed by atoms with van der Waals surface area (Å²) in [5.41, 5.74) is 0.137.